The van der Waals surface area contributed by atoms with Crippen molar-refractivity contribution in [2.24, 2.45) is 23.2 Å². The summed E-state index contributed by atoms with van der Waals surface area (Å²) in [6, 6.07) is 0.205. The third-order valence-corrected chi connectivity index (χ3v) is 10.9. The number of likely N-dealkylation sites (tertiary alicyclic amines) is 1. The van der Waals surface area contributed by atoms with Crippen LogP contribution in [0.3, 0.4) is 0 Å². The molecule has 7 rings (SSSR count). The van der Waals surface area contributed by atoms with Crippen LogP contribution in [0.15, 0.2) is 23.8 Å². The van der Waals surface area contributed by atoms with E-state index in [1.807, 2.05) is 19.9 Å². The highest BCUT2D eigenvalue weighted by Crippen LogP contribution is 2.84. The lowest BCUT2D eigenvalue weighted by Crippen LogP contribution is -3.03. The fourth-order valence-corrected chi connectivity index (χ4v) is 9.73. The van der Waals surface area contributed by atoms with Crippen molar-refractivity contribution in [3.05, 3.63) is 23.8 Å². The van der Waals surface area contributed by atoms with Gasteiger partial charge in [-0.3, -0.25) is 4.90 Å². The van der Waals surface area contributed by atoms with Crippen molar-refractivity contribution < 1.29 is 24.5 Å². The average Bonchev–Trinajstić information content (AvgIpc) is 3.10. The predicted octanol–water partition coefficient (Wildman–Crippen LogP) is 2.73. The van der Waals surface area contributed by atoms with Crippen molar-refractivity contribution in [1.29, 1.82) is 0 Å². The summed E-state index contributed by atoms with van der Waals surface area (Å²) >= 11 is 0. The summed E-state index contributed by atoms with van der Waals surface area (Å²) < 4.78 is 12.5. The van der Waals surface area contributed by atoms with E-state index in [0.29, 0.717) is 12.3 Å². The van der Waals surface area contributed by atoms with Crippen LogP contribution in [0.4, 0.5) is 0 Å². The van der Waals surface area contributed by atoms with Crippen molar-refractivity contribution in [2.45, 2.75) is 107 Å². The van der Waals surface area contributed by atoms with E-state index in [4.69, 9.17) is 9.47 Å². The topological polar surface area (TPSA) is 79.2 Å². The fourth-order valence-electron chi connectivity index (χ4n) is 9.73. The highest BCUT2D eigenvalue weighted by molar-refractivity contribution is 5.82. The van der Waals surface area contributed by atoms with Gasteiger partial charge in [-0.15, -0.1) is 0 Å². The van der Waals surface area contributed by atoms with Crippen molar-refractivity contribution in [1.82, 2.24) is 4.90 Å². The highest BCUT2D eigenvalue weighted by atomic mass is 16.6. The Morgan fingerprint density at radius 1 is 1.24 bits per heavy atom. The molecule has 0 amide bonds. The summed E-state index contributed by atoms with van der Waals surface area (Å²) in [5.74, 6) is 1.06. The number of esters is 1. The third-order valence-electron chi connectivity index (χ3n) is 10.9. The zero-order chi connectivity index (χ0) is 22.8. The van der Waals surface area contributed by atoms with Crippen LogP contribution in [-0.4, -0.2) is 69.2 Å². The Bertz CT molecular complexity index is 939. The Hall–Kier alpha value is -1.21. The van der Waals surface area contributed by atoms with E-state index in [1.54, 1.807) is 6.08 Å². The van der Waals surface area contributed by atoms with E-state index >= 15 is 0 Å². The highest BCUT2D eigenvalue weighted by Gasteiger charge is 2.95. The predicted molar refractivity (Wildman–Crippen MR) is 121 cm³/mol. The minimum Gasteiger partial charge on any atom is -0.456 e. The maximum atomic E-state index is 12.5. The number of carbonyl (C=O) groups is 1. The summed E-state index contributed by atoms with van der Waals surface area (Å²) in [7, 11) is 0. The molecule has 2 aliphatic heterocycles. The molecular formula is C27H37NO5. The second kappa shape index (κ2) is 6.71. The molecule has 5 saturated carbocycles. The van der Waals surface area contributed by atoms with Gasteiger partial charge in [0.2, 0.25) is 0 Å². The lowest BCUT2D eigenvalue weighted by atomic mass is 9.25. The first kappa shape index (κ1) is 21.1. The van der Waals surface area contributed by atoms with Crippen LogP contribution in [-0.2, 0) is 14.3 Å². The van der Waals surface area contributed by atoms with E-state index in [2.05, 4.69) is 4.90 Å². The van der Waals surface area contributed by atoms with E-state index in [9.17, 15) is 15.0 Å². The summed E-state index contributed by atoms with van der Waals surface area (Å²) in [5.41, 5.74) is -0.259. The van der Waals surface area contributed by atoms with Crippen LogP contribution in [0.25, 0.3) is 0 Å². The van der Waals surface area contributed by atoms with Gasteiger partial charge < -0.3 is 19.7 Å². The lowest BCUT2D eigenvalue weighted by Gasteiger charge is -2.89. The molecule has 5 aliphatic carbocycles. The lowest BCUT2D eigenvalue weighted by molar-refractivity contribution is -0.456. The van der Waals surface area contributed by atoms with Crippen LogP contribution >= 0.6 is 0 Å². The molecule has 180 valence electrons. The number of aliphatic hydroxyl groups excluding tert-OH is 1. The van der Waals surface area contributed by atoms with Gasteiger partial charge in [-0.05, 0) is 70.6 Å². The molecule has 2 heterocycles. The van der Waals surface area contributed by atoms with Crippen LogP contribution < -0.4 is 0 Å². The average molecular weight is 456 g/mol. The van der Waals surface area contributed by atoms with Crippen LogP contribution in [0.1, 0.15) is 65.2 Å². The van der Waals surface area contributed by atoms with Crippen LogP contribution in [0.5, 0.6) is 0 Å². The van der Waals surface area contributed by atoms with E-state index in [0.717, 1.165) is 43.7 Å². The molecule has 2 spiro atoms. The SMILES string of the molecule is CC(C)=C/C=C/C(=O)OC1CCC2C[C@H]3N(CC4CCC4)C45C[C@H](O)[C@@H]6OC1C2[C@]6(C4)[C@]35O. The monoisotopic (exact) mass is 455 g/mol. The molecule has 0 aromatic rings. The van der Waals surface area contributed by atoms with Crippen molar-refractivity contribution in [3.63, 3.8) is 0 Å². The molecule has 2 bridgehead atoms. The van der Waals surface area contributed by atoms with Gasteiger partial charge in [-0.2, -0.15) is 0 Å². The van der Waals surface area contributed by atoms with Gasteiger partial charge in [0.25, 0.3) is 0 Å². The zero-order valence-electron chi connectivity index (χ0n) is 19.8. The molecule has 6 nitrogen and oxygen atoms in total. The quantitative estimate of drug-likeness (QED) is 0.377. The number of rotatable bonds is 5. The van der Waals surface area contributed by atoms with Crippen molar-refractivity contribution in [2.75, 3.05) is 6.54 Å². The largest absolute Gasteiger partial charge is 0.456 e. The minimum atomic E-state index is -0.751. The number of hydrogen-bond donors (Lipinski definition) is 2. The van der Waals surface area contributed by atoms with E-state index in [1.165, 1.54) is 25.3 Å². The molecule has 5 unspecified atom stereocenters. The molecule has 33 heavy (non-hydrogen) atoms. The molecule has 2 saturated heterocycles. The Balaban J connectivity index is 1.17. The first-order valence-electron chi connectivity index (χ1n) is 13.2. The first-order valence-corrected chi connectivity index (χ1v) is 13.2. The molecule has 0 radical (unpaired) electrons. The summed E-state index contributed by atoms with van der Waals surface area (Å²) in [6.45, 7) is 5.06. The number of hydrogen-bond acceptors (Lipinski definition) is 6. The molecule has 2 N–H and O–H groups in total. The van der Waals surface area contributed by atoms with Crippen molar-refractivity contribution in [3.8, 4) is 0 Å². The van der Waals surface area contributed by atoms with Gasteiger partial charge in [0, 0.05) is 30.0 Å². The fraction of sp³-hybridized carbons (Fsp3) is 0.815. The maximum absolute atomic E-state index is 12.5. The second-order valence-corrected chi connectivity index (χ2v) is 12.5. The minimum absolute atomic E-state index is 0.172. The maximum Gasteiger partial charge on any atom is 0.331 e. The Morgan fingerprint density at radius 2 is 2.06 bits per heavy atom. The Kier molecular flexibility index (Phi) is 4.29. The zero-order valence-corrected chi connectivity index (χ0v) is 19.8. The normalized spacial score (nSPS) is 53.5. The number of carbonyl (C=O) groups excluding carboxylic acids is 1. The smallest absolute Gasteiger partial charge is 0.331 e. The molecule has 6 heteroatoms. The van der Waals surface area contributed by atoms with Gasteiger partial charge in [0.15, 0.2) is 0 Å². The second-order valence-electron chi connectivity index (χ2n) is 12.5. The van der Waals surface area contributed by atoms with Gasteiger partial charge in [0.1, 0.15) is 11.7 Å². The van der Waals surface area contributed by atoms with Gasteiger partial charge in [0.05, 0.1) is 23.9 Å². The van der Waals surface area contributed by atoms with E-state index < -0.39 is 11.7 Å². The Morgan fingerprint density at radius 3 is 2.79 bits per heavy atom. The first-order chi connectivity index (χ1) is 15.8. The molecule has 7 aliphatic rings. The number of piperidine rings is 1. The number of aliphatic hydroxyl groups is 2. The van der Waals surface area contributed by atoms with Crippen molar-refractivity contribution >= 4 is 5.97 Å². The summed E-state index contributed by atoms with van der Waals surface area (Å²) in [4.78, 5) is 15.1. The van der Waals surface area contributed by atoms with Gasteiger partial charge in [-0.1, -0.05) is 24.1 Å². The third kappa shape index (κ3) is 2.32. The van der Waals surface area contributed by atoms with E-state index in [-0.39, 0.29) is 47.2 Å². The van der Waals surface area contributed by atoms with Gasteiger partial charge >= 0.3 is 5.97 Å². The molecule has 0 aromatic heterocycles. The number of ether oxygens (including phenoxy) is 2. The Labute approximate surface area is 196 Å². The van der Waals surface area contributed by atoms with Crippen LogP contribution in [0.2, 0.25) is 0 Å². The molecular weight excluding hydrogens is 418 g/mol. The number of nitrogens with zero attached hydrogens (tertiary/aromatic N) is 1. The van der Waals surface area contributed by atoms with Crippen LogP contribution in [0, 0.1) is 23.2 Å². The molecule has 10 atom stereocenters. The standard InChI is InChI=1S/C27H37NO5/c1-15(2)5-3-8-21(30)32-19-10-9-17-11-20-27(31)25(28(20)13-16-6-4-7-16)12-18(29)24-26(27,14-25)22(17)23(19)33-24/h3,5,8,16-20,22-24,29,31H,4,6-7,9-14H2,1-2H3/b8-3+/t17?,18-,19?,20+,22?,23?,24-,25?,26-,27-/m0/s1. The molecule has 7 fully saturated rings. The number of allylic oxidation sites excluding steroid dienone is 3. The van der Waals surface area contributed by atoms with Gasteiger partial charge in [-0.25, -0.2) is 4.79 Å². The summed E-state index contributed by atoms with van der Waals surface area (Å²) in [6.07, 6.45) is 12.0. The molecule has 0 aromatic carbocycles. The summed E-state index contributed by atoms with van der Waals surface area (Å²) in [5, 5.41) is 23.5.